The van der Waals surface area contributed by atoms with E-state index in [1.165, 1.54) is 28.1 Å². The van der Waals surface area contributed by atoms with E-state index in [-0.39, 0.29) is 0 Å². The van der Waals surface area contributed by atoms with Crippen LogP contribution in [-0.4, -0.2) is 4.57 Å². The summed E-state index contributed by atoms with van der Waals surface area (Å²) in [6.07, 6.45) is 2.22. The molecular formula is C22H17N. The quantitative estimate of drug-likeness (QED) is 0.449. The maximum absolute atomic E-state index is 2.26. The number of hydrogen-bond donors (Lipinski definition) is 0. The Morgan fingerprint density at radius 2 is 1.00 bits per heavy atom. The van der Waals surface area contributed by atoms with Gasteiger partial charge in [-0.05, 0) is 29.3 Å². The van der Waals surface area contributed by atoms with Crippen molar-refractivity contribution in [1.82, 2.24) is 4.57 Å². The monoisotopic (exact) mass is 295 g/mol. The van der Waals surface area contributed by atoms with Gasteiger partial charge in [0.15, 0.2) is 0 Å². The van der Waals surface area contributed by atoms with Crippen LogP contribution in [0.25, 0.3) is 28.1 Å². The van der Waals surface area contributed by atoms with Gasteiger partial charge in [0.05, 0.1) is 5.69 Å². The fourth-order valence-corrected chi connectivity index (χ4v) is 2.88. The van der Waals surface area contributed by atoms with Crippen molar-refractivity contribution in [2.75, 3.05) is 0 Å². The molecule has 110 valence electrons. The minimum atomic E-state index is 1.17. The Hall–Kier alpha value is -3.06. The number of aromatic nitrogens is 1. The van der Waals surface area contributed by atoms with Crippen LogP contribution in [-0.2, 0) is 0 Å². The van der Waals surface area contributed by atoms with E-state index in [1.54, 1.807) is 0 Å². The van der Waals surface area contributed by atoms with Gasteiger partial charge in [0.2, 0.25) is 0 Å². The van der Waals surface area contributed by atoms with Gasteiger partial charge in [-0.3, -0.25) is 0 Å². The Labute approximate surface area is 136 Å². The van der Waals surface area contributed by atoms with Gasteiger partial charge in [-0.15, -0.1) is 0 Å². The fourth-order valence-electron chi connectivity index (χ4n) is 2.88. The van der Waals surface area contributed by atoms with E-state index in [2.05, 4.69) is 102 Å². The third-order valence-corrected chi connectivity index (χ3v) is 4.03. The van der Waals surface area contributed by atoms with Crippen molar-refractivity contribution in [3.63, 3.8) is 0 Å². The minimum absolute atomic E-state index is 1.17. The molecule has 0 radical (unpaired) electrons. The second-order valence-corrected chi connectivity index (χ2v) is 5.55. The smallest absolute Gasteiger partial charge is 0.0534 e. The topological polar surface area (TPSA) is 4.93 Å². The van der Waals surface area contributed by atoms with Crippen LogP contribution in [0.1, 0.15) is 0 Å². The molecule has 3 aromatic carbocycles. The van der Waals surface area contributed by atoms with Gasteiger partial charge < -0.3 is 4.57 Å². The molecule has 4 aromatic rings. The lowest BCUT2D eigenvalue weighted by Gasteiger charge is -2.09. The van der Waals surface area contributed by atoms with Crippen LogP contribution in [0.2, 0.25) is 0 Å². The third kappa shape index (κ3) is 2.69. The van der Waals surface area contributed by atoms with Crippen molar-refractivity contribution in [2.45, 2.75) is 0 Å². The molecule has 0 spiro atoms. The van der Waals surface area contributed by atoms with Gasteiger partial charge >= 0.3 is 0 Å². The zero-order chi connectivity index (χ0) is 15.5. The Kier molecular flexibility index (Phi) is 3.53. The highest BCUT2D eigenvalue weighted by molar-refractivity contribution is 5.74. The number of para-hydroxylation sites is 1. The summed E-state index contributed by atoms with van der Waals surface area (Å²) in [4.78, 5) is 0. The van der Waals surface area contributed by atoms with Crippen LogP contribution < -0.4 is 0 Å². The van der Waals surface area contributed by atoms with Crippen LogP contribution in [0.15, 0.2) is 103 Å². The molecule has 23 heavy (non-hydrogen) atoms. The number of rotatable bonds is 3. The van der Waals surface area contributed by atoms with Gasteiger partial charge in [-0.25, -0.2) is 0 Å². The van der Waals surface area contributed by atoms with E-state index in [0.717, 1.165) is 0 Å². The fraction of sp³-hybridized carbons (Fsp3) is 0. The van der Waals surface area contributed by atoms with E-state index < -0.39 is 0 Å². The summed E-state index contributed by atoms with van der Waals surface area (Å²) >= 11 is 0. The van der Waals surface area contributed by atoms with E-state index in [0.29, 0.717) is 0 Å². The molecule has 1 aromatic heterocycles. The van der Waals surface area contributed by atoms with Crippen molar-refractivity contribution < 1.29 is 0 Å². The van der Waals surface area contributed by atoms with Crippen LogP contribution >= 0.6 is 0 Å². The zero-order valence-corrected chi connectivity index (χ0v) is 12.8. The molecule has 0 aliphatic rings. The minimum Gasteiger partial charge on any atom is -0.316 e. The normalized spacial score (nSPS) is 10.6. The molecule has 0 aliphatic heterocycles. The average molecular weight is 295 g/mol. The van der Waals surface area contributed by atoms with E-state index in [4.69, 9.17) is 0 Å². The van der Waals surface area contributed by atoms with Crippen molar-refractivity contribution in [2.24, 2.45) is 0 Å². The summed E-state index contributed by atoms with van der Waals surface area (Å²) in [5, 5.41) is 0. The maximum Gasteiger partial charge on any atom is 0.0534 e. The Morgan fingerprint density at radius 1 is 0.478 bits per heavy atom. The first-order valence-corrected chi connectivity index (χ1v) is 7.80. The predicted molar refractivity (Wildman–Crippen MR) is 96.6 cm³/mol. The summed E-state index contributed by atoms with van der Waals surface area (Å²) in [7, 11) is 0. The molecule has 0 unspecified atom stereocenters. The van der Waals surface area contributed by atoms with Gasteiger partial charge in [0, 0.05) is 17.4 Å². The van der Waals surface area contributed by atoms with Gasteiger partial charge in [-0.2, -0.15) is 0 Å². The first kappa shape index (κ1) is 13.6. The maximum atomic E-state index is 2.26. The third-order valence-electron chi connectivity index (χ3n) is 4.03. The van der Waals surface area contributed by atoms with Crippen LogP contribution in [0, 0.1) is 0 Å². The molecule has 0 N–H and O–H groups in total. The molecule has 0 aliphatic carbocycles. The average Bonchev–Trinajstić information content (AvgIpc) is 3.09. The van der Waals surface area contributed by atoms with E-state index in [1.807, 2.05) is 6.07 Å². The van der Waals surface area contributed by atoms with Crippen molar-refractivity contribution in [1.29, 1.82) is 0 Å². The highest BCUT2D eigenvalue weighted by atomic mass is 15.0. The first-order valence-electron chi connectivity index (χ1n) is 7.80. The zero-order valence-electron chi connectivity index (χ0n) is 12.8. The Bertz CT molecular complexity index is 834. The lowest BCUT2D eigenvalue weighted by atomic mass is 10.1. The second kappa shape index (κ2) is 5.98. The lowest BCUT2D eigenvalue weighted by molar-refractivity contribution is 1.09. The highest BCUT2D eigenvalue weighted by Gasteiger charge is 2.10. The van der Waals surface area contributed by atoms with Crippen LogP contribution in [0.5, 0.6) is 0 Å². The summed E-state index contributed by atoms with van der Waals surface area (Å²) in [6, 6.07) is 33.8. The molecule has 1 heterocycles. The van der Waals surface area contributed by atoms with Crippen LogP contribution in [0.3, 0.4) is 0 Å². The van der Waals surface area contributed by atoms with Crippen molar-refractivity contribution >= 4 is 0 Å². The van der Waals surface area contributed by atoms with E-state index in [9.17, 15) is 0 Å². The number of nitrogens with zero attached hydrogens (tertiary/aromatic N) is 1. The highest BCUT2D eigenvalue weighted by Crippen LogP contribution is 2.30. The number of benzene rings is 3. The summed E-state index contributed by atoms with van der Waals surface area (Å²) in [5.74, 6) is 0. The van der Waals surface area contributed by atoms with Crippen molar-refractivity contribution in [3.05, 3.63) is 103 Å². The van der Waals surface area contributed by atoms with Gasteiger partial charge in [0.1, 0.15) is 0 Å². The summed E-state index contributed by atoms with van der Waals surface area (Å²) in [6.45, 7) is 0. The number of hydrogen-bond acceptors (Lipinski definition) is 0. The SMILES string of the molecule is c1ccc(-c2cc(-c3ccccc3)n(-c3ccccc3)c2)cc1. The van der Waals surface area contributed by atoms with Crippen molar-refractivity contribution in [3.8, 4) is 28.1 Å². The molecule has 0 saturated heterocycles. The molecule has 1 nitrogen and oxygen atoms in total. The largest absolute Gasteiger partial charge is 0.316 e. The molecular weight excluding hydrogens is 278 g/mol. The molecule has 0 fully saturated rings. The van der Waals surface area contributed by atoms with Gasteiger partial charge in [-0.1, -0.05) is 78.9 Å². The van der Waals surface area contributed by atoms with Crippen LogP contribution in [0.4, 0.5) is 0 Å². The molecule has 1 heteroatoms. The summed E-state index contributed by atoms with van der Waals surface area (Å²) < 4.78 is 2.26. The molecule has 0 bridgehead atoms. The lowest BCUT2D eigenvalue weighted by Crippen LogP contribution is -1.94. The standard InChI is InChI=1S/C22H17N/c1-4-10-18(11-5-1)20-16-22(19-12-6-2-7-13-19)23(17-20)21-14-8-3-9-15-21/h1-17H. The van der Waals surface area contributed by atoms with E-state index >= 15 is 0 Å². The Balaban J connectivity index is 1.91. The Morgan fingerprint density at radius 3 is 1.61 bits per heavy atom. The van der Waals surface area contributed by atoms with Gasteiger partial charge in [0.25, 0.3) is 0 Å². The first-order chi connectivity index (χ1) is 11.4. The molecule has 0 amide bonds. The molecule has 0 atom stereocenters. The summed E-state index contributed by atoms with van der Waals surface area (Å²) in [5.41, 5.74) is 6.07. The second-order valence-electron chi connectivity index (χ2n) is 5.55. The molecule has 4 rings (SSSR count). The molecule has 0 saturated carbocycles. The predicted octanol–water partition coefficient (Wildman–Crippen LogP) is 5.81.